The predicted molar refractivity (Wildman–Crippen MR) is 68.8 cm³/mol. The average Bonchev–Trinajstić information content (AvgIpc) is 2.16. The Kier molecular flexibility index (Phi) is 4.87. The maximum Gasteiger partial charge on any atom is -0.00256 e. The predicted octanol–water partition coefficient (Wildman–Crippen LogP) is 4.89. The molecule has 0 radical (unpaired) electrons. The molecule has 84 valence electrons. The third-order valence-electron chi connectivity index (χ3n) is 3.27. The summed E-state index contributed by atoms with van der Waals surface area (Å²) in [6, 6.07) is 0. The van der Waals surface area contributed by atoms with Crippen LogP contribution < -0.4 is 0 Å². The average molecular weight is 204 g/mol. The van der Waals surface area contributed by atoms with E-state index in [9.17, 15) is 0 Å². The lowest BCUT2D eigenvalue weighted by molar-refractivity contribution is 0.616. The largest absolute Gasteiger partial charge is 0.0995 e. The van der Waals surface area contributed by atoms with E-state index in [0.717, 1.165) is 0 Å². The third-order valence-corrected chi connectivity index (χ3v) is 3.27. The molecule has 0 saturated heterocycles. The van der Waals surface area contributed by atoms with Gasteiger partial charge in [-0.1, -0.05) is 42.9 Å². The summed E-state index contributed by atoms with van der Waals surface area (Å²) >= 11 is 0. The zero-order valence-electron chi connectivity index (χ0n) is 10.4. The van der Waals surface area contributed by atoms with Crippen LogP contribution in [0.15, 0.2) is 36.0 Å². The van der Waals surface area contributed by atoms with Crippen molar-refractivity contribution in [2.24, 2.45) is 11.8 Å². The van der Waals surface area contributed by atoms with E-state index in [-0.39, 0.29) is 0 Å². The first kappa shape index (κ1) is 12.3. The van der Waals surface area contributed by atoms with E-state index in [2.05, 4.69) is 45.6 Å². The first-order valence-electron chi connectivity index (χ1n) is 6.09. The molecule has 15 heavy (non-hydrogen) atoms. The lowest BCUT2D eigenvalue weighted by Gasteiger charge is -2.16. The smallest absolute Gasteiger partial charge is 0.00256 e. The van der Waals surface area contributed by atoms with Crippen LogP contribution in [0.1, 0.15) is 46.5 Å². The molecule has 0 fully saturated rings. The first-order chi connectivity index (χ1) is 7.09. The molecule has 0 N–H and O–H groups in total. The fourth-order valence-electron chi connectivity index (χ4n) is 2.00. The van der Waals surface area contributed by atoms with Gasteiger partial charge in [-0.2, -0.15) is 0 Å². The molecule has 0 aromatic rings. The Balaban J connectivity index is 2.70. The highest BCUT2D eigenvalue weighted by atomic mass is 14.1. The molecule has 0 spiro atoms. The minimum absolute atomic E-state index is 0.578. The minimum atomic E-state index is 0.578. The lowest BCUT2D eigenvalue weighted by Crippen LogP contribution is -2.01. The van der Waals surface area contributed by atoms with Crippen LogP contribution in [-0.4, -0.2) is 0 Å². The van der Waals surface area contributed by atoms with Gasteiger partial charge in [0.05, 0.1) is 0 Å². The number of allylic oxidation sites excluding steroid dienone is 5. The zero-order chi connectivity index (χ0) is 11.3. The van der Waals surface area contributed by atoms with E-state index in [4.69, 9.17) is 0 Å². The fourth-order valence-corrected chi connectivity index (χ4v) is 2.00. The van der Waals surface area contributed by atoms with Crippen molar-refractivity contribution in [1.29, 1.82) is 0 Å². The van der Waals surface area contributed by atoms with Crippen LogP contribution in [-0.2, 0) is 0 Å². The number of hydrogen-bond donors (Lipinski definition) is 0. The van der Waals surface area contributed by atoms with Gasteiger partial charge in [0.1, 0.15) is 0 Å². The van der Waals surface area contributed by atoms with Gasteiger partial charge in [0.15, 0.2) is 0 Å². The summed E-state index contributed by atoms with van der Waals surface area (Å²) in [5.41, 5.74) is 2.84. The van der Waals surface area contributed by atoms with Crippen molar-refractivity contribution in [3.63, 3.8) is 0 Å². The van der Waals surface area contributed by atoms with Gasteiger partial charge in [0.25, 0.3) is 0 Å². The monoisotopic (exact) mass is 204 g/mol. The maximum absolute atomic E-state index is 4.08. The number of hydrogen-bond acceptors (Lipinski definition) is 0. The van der Waals surface area contributed by atoms with Crippen LogP contribution >= 0.6 is 0 Å². The Morgan fingerprint density at radius 1 is 1.33 bits per heavy atom. The summed E-state index contributed by atoms with van der Waals surface area (Å²) in [4.78, 5) is 0. The molecule has 2 unspecified atom stereocenters. The Hall–Kier alpha value is -0.780. The van der Waals surface area contributed by atoms with Crippen LogP contribution in [0.25, 0.3) is 0 Å². The van der Waals surface area contributed by atoms with Gasteiger partial charge < -0.3 is 0 Å². The molecule has 1 aliphatic carbocycles. The molecule has 0 heteroatoms. The van der Waals surface area contributed by atoms with Crippen molar-refractivity contribution >= 4 is 0 Å². The van der Waals surface area contributed by atoms with Gasteiger partial charge in [-0.25, -0.2) is 0 Å². The van der Waals surface area contributed by atoms with Crippen LogP contribution in [0.2, 0.25) is 0 Å². The molecule has 0 amide bonds. The van der Waals surface area contributed by atoms with E-state index < -0.39 is 0 Å². The standard InChI is InChI=1S/C15H24/c1-12(2)15-10-8-13(3)6-5-7-14(4)9-11-15/h6,9,11,14-15H,1,5,7-8,10H2,2-4H3/b11-9+,13-6+. The second-order valence-electron chi connectivity index (χ2n) is 4.98. The van der Waals surface area contributed by atoms with Crippen LogP contribution in [0.5, 0.6) is 0 Å². The quantitative estimate of drug-likeness (QED) is 0.533. The van der Waals surface area contributed by atoms with Crippen molar-refractivity contribution in [3.05, 3.63) is 36.0 Å². The normalized spacial score (nSPS) is 33.9. The zero-order valence-corrected chi connectivity index (χ0v) is 10.4. The maximum atomic E-state index is 4.08. The molecule has 0 aliphatic heterocycles. The van der Waals surface area contributed by atoms with Crippen LogP contribution in [0.4, 0.5) is 0 Å². The van der Waals surface area contributed by atoms with Gasteiger partial charge in [0.2, 0.25) is 0 Å². The van der Waals surface area contributed by atoms with E-state index in [1.807, 2.05) is 0 Å². The molecule has 0 saturated carbocycles. The highest BCUT2D eigenvalue weighted by Crippen LogP contribution is 2.23. The summed E-state index contributed by atoms with van der Waals surface area (Å²) < 4.78 is 0. The first-order valence-corrected chi connectivity index (χ1v) is 6.09. The second-order valence-corrected chi connectivity index (χ2v) is 4.98. The van der Waals surface area contributed by atoms with Crippen molar-refractivity contribution in [1.82, 2.24) is 0 Å². The summed E-state index contributed by atoms with van der Waals surface area (Å²) in [7, 11) is 0. The molecule has 0 bridgehead atoms. The van der Waals surface area contributed by atoms with Gasteiger partial charge in [-0.3, -0.25) is 0 Å². The SMILES string of the molecule is C=C(C)C1/C=C/C(C)CC/C=C(\C)CC1. The molecule has 1 aliphatic rings. The molecule has 0 nitrogen and oxygen atoms in total. The highest BCUT2D eigenvalue weighted by molar-refractivity contribution is 5.10. The summed E-state index contributed by atoms with van der Waals surface area (Å²) in [5.74, 6) is 1.28. The molecule has 0 heterocycles. The van der Waals surface area contributed by atoms with E-state index >= 15 is 0 Å². The molecular weight excluding hydrogens is 180 g/mol. The van der Waals surface area contributed by atoms with Crippen LogP contribution in [0, 0.1) is 11.8 Å². The van der Waals surface area contributed by atoms with Crippen molar-refractivity contribution in [2.45, 2.75) is 46.5 Å². The Morgan fingerprint density at radius 2 is 2.07 bits per heavy atom. The minimum Gasteiger partial charge on any atom is -0.0995 e. The van der Waals surface area contributed by atoms with Gasteiger partial charge in [-0.15, -0.1) is 0 Å². The summed E-state index contributed by atoms with van der Waals surface area (Å²) in [6.45, 7) is 10.8. The Labute approximate surface area is 94.8 Å². The summed E-state index contributed by atoms with van der Waals surface area (Å²) in [5, 5.41) is 0. The molecule has 0 aromatic carbocycles. The van der Waals surface area contributed by atoms with Crippen LogP contribution in [0.3, 0.4) is 0 Å². The van der Waals surface area contributed by atoms with Gasteiger partial charge >= 0.3 is 0 Å². The van der Waals surface area contributed by atoms with Crippen molar-refractivity contribution in [3.8, 4) is 0 Å². The lowest BCUT2D eigenvalue weighted by atomic mass is 9.90. The topological polar surface area (TPSA) is 0 Å². The summed E-state index contributed by atoms with van der Waals surface area (Å²) in [6.07, 6.45) is 12.1. The molecule has 1 rings (SSSR count). The second kappa shape index (κ2) is 5.95. The van der Waals surface area contributed by atoms with E-state index in [0.29, 0.717) is 11.8 Å². The highest BCUT2D eigenvalue weighted by Gasteiger charge is 2.08. The third kappa shape index (κ3) is 4.51. The Morgan fingerprint density at radius 3 is 2.73 bits per heavy atom. The van der Waals surface area contributed by atoms with E-state index in [1.165, 1.54) is 31.3 Å². The van der Waals surface area contributed by atoms with Gasteiger partial charge in [-0.05, 0) is 51.4 Å². The molecule has 2 atom stereocenters. The molecule has 0 aromatic heterocycles. The van der Waals surface area contributed by atoms with Crippen molar-refractivity contribution in [2.75, 3.05) is 0 Å². The van der Waals surface area contributed by atoms with Crippen molar-refractivity contribution < 1.29 is 0 Å². The fraction of sp³-hybridized carbons (Fsp3) is 0.600. The van der Waals surface area contributed by atoms with E-state index in [1.54, 1.807) is 5.57 Å². The molecular formula is C15H24. The Bertz CT molecular complexity index is 268. The number of rotatable bonds is 1. The van der Waals surface area contributed by atoms with Gasteiger partial charge in [0, 0.05) is 0 Å².